The van der Waals surface area contributed by atoms with Crippen molar-refractivity contribution in [2.75, 3.05) is 5.32 Å². The summed E-state index contributed by atoms with van der Waals surface area (Å²) in [5, 5.41) is 9.68. The number of anilines is 1. The van der Waals surface area contributed by atoms with Crippen LogP contribution in [-0.2, 0) is 12.8 Å². The van der Waals surface area contributed by atoms with Crippen molar-refractivity contribution in [2.45, 2.75) is 39.0 Å². The van der Waals surface area contributed by atoms with E-state index in [-0.39, 0.29) is 5.91 Å². The van der Waals surface area contributed by atoms with Gasteiger partial charge in [0.05, 0.1) is 4.88 Å². The fourth-order valence-corrected chi connectivity index (χ4v) is 3.59. The molecule has 0 unspecified atom stereocenters. The van der Waals surface area contributed by atoms with Crippen molar-refractivity contribution in [1.29, 1.82) is 0 Å². The SMILES string of the molecule is Cc1cc(NC(=O)c2cc3c(s2)CCCCC3)n[nH]1. The second-order valence-corrected chi connectivity index (χ2v) is 6.15. The van der Waals surface area contributed by atoms with Gasteiger partial charge in [-0.3, -0.25) is 9.89 Å². The normalized spacial score (nSPS) is 14.8. The third kappa shape index (κ3) is 2.71. The molecular formula is C14H17N3OS. The zero-order valence-corrected chi connectivity index (χ0v) is 11.8. The number of nitrogens with one attached hydrogen (secondary N) is 2. The van der Waals surface area contributed by atoms with Crippen LogP contribution in [0.3, 0.4) is 0 Å². The van der Waals surface area contributed by atoms with Crippen molar-refractivity contribution < 1.29 is 4.79 Å². The number of thiophene rings is 1. The van der Waals surface area contributed by atoms with Crippen LogP contribution < -0.4 is 5.32 Å². The number of hydrogen-bond donors (Lipinski definition) is 2. The first kappa shape index (κ1) is 12.4. The molecule has 0 aromatic carbocycles. The predicted octanol–water partition coefficient (Wildman–Crippen LogP) is 3.30. The van der Waals surface area contributed by atoms with E-state index in [9.17, 15) is 4.79 Å². The highest BCUT2D eigenvalue weighted by molar-refractivity contribution is 7.14. The van der Waals surface area contributed by atoms with E-state index in [1.54, 1.807) is 11.3 Å². The topological polar surface area (TPSA) is 57.8 Å². The number of aromatic nitrogens is 2. The molecule has 1 aliphatic carbocycles. The summed E-state index contributed by atoms with van der Waals surface area (Å²) in [5.41, 5.74) is 2.31. The molecule has 0 spiro atoms. The lowest BCUT2D eigenvalue weighted by molar-refractivity contribution is 0.103. The van der Waals surface area contributed by atoms with E-state index in [2.05, 4.69) is 21.6 Å². The Morgan fingerprint density at radius 1 is 1.32 bits per heavy atom. The second kappa shape index (κ2) is 5.17. The smallest absolute Gasteiger partial charge is 0.266 e. The lowest BCUT2D eigenvalue weighted by atomic mass is 10.1. The van der Waals surface area contributed by atoms with Crippen LogP contribution >= 0.6 is 11.3 Å². The summed E-state index contributed by atoms with van der Waals surface area (Å²) in [6.45, 7) is 1.91. The number of rotatable bonds is 2. The Hall–Kier alpha value is -1.62. The van der Waals surface area contributed by atoms with Gasteiger partial charge in [0.2, 0.25) is 0 Å². The molecule has 4 nitrogen and oxygen atoms in total. The number of aromatic amines is 1. The first-order valence-electron chi connectivity index (χ1n) is 6.67. The van der Waals surface area contributed by atoms with Gasteiger partial charge in [-0.15, -0.1) is 11.3 Å². The van der Waals surface area contributed by atoms with Crippen LogP contribution in [0.25, 0.3) is 0 Å². The van der Waals surface area contributed by atoms with Crippen LogP contribution in [0.5, 0.6) is 0 Å². The summed E-state index contributed by atoms with van der Waals surface area (Å²) in [6.07, 6.45) is 6.02. The van der Waals surface area contributed by atoms with E-state index in [0.717, 1.165) is 23.4 Å². The first-order chi connectivity index (χ1) is 9.22. The fourth-order valence-electron chi connectivity index (χ4n) is 2.44. The van der Waals surface area contributed by atoms with Crippen molar-refractivity contribution in [1.82, 2.24) is 10.2 Å². The highest BCUT2D eigenvalue weighted by Gasteiger charge is 2.17. The van der Waals surface area contributed by atoms with Gasteiger partial charge in [0.15, 0.2) is 5.82 Å². The number of aryl methyl sites for hydroxylation is 3. The average Bonchev–Trinajstić information content (AvgIpc) is 2.91. The van der Waals surface area contributed by atoms with Crippen molar-refractivity contribution >= 4 is 23.1 Å². The fraction of sp³-hybridized carbons (Fsp3) is 0.429. The number of carbonyl (C=O) groups excluding carboxylic acids is 1. The molecule has 0 fully saturated rings. The maximum atomic E-state index is 12.2. The van der Waals surface area contributed by atoms with Gasteiger partial charge >= 0.3 is 0 Å². The summed E-state index contributed by atoms with van der Waals surface area (Å²) in [7, 11) is 0. The molecule has 19 heavy (non-hydrogen) atoms. The van der Waals surface area contributed by atoms with Gasteiger partial charge in [-0.05, 0) is 44.2 Å². The van der Waals surface area contributed by atoms with Crippen LogP contribution in [0.4, 0.5) is 5.82 Å². The number of nitrogens with zero attached hydrogens (tertiary/aromatic N) is 1. The Morgan fingerprint density at radius 3 is 2.95 bits per heavy atom. The Morgan fingerprint density at radius 2 is 2.16 bits per heavy atom. The quantitative estimate of drug-likeness (QED) is 0.826. The molecule has 2 N–H and O–H groups in total. The highest BCUT2D eigenvalue weighted by Crippen LogP contribution is 2.29. The summed E-state index contributed by atoms with van der Waals surface area (Å²) >= 11 is 1.63. The van der Waals surface area contributed by atoms with Crippen molar-refractivity contribution in [2.24, 2.45) is 0 Å². The minimum Gasteiger partial charge on any atom is -0.304 e. The molecule has 2 aromatic heterocycles. The summed E-state index contributed by atoms with van der Waals surface area (Å²) in [6, 6.07) is 3.89. The lowest BCUT2D eigenvalue weighted by Crippen LogP contribution is -2.10. The molecule has 2 heterocycles. The lowest BCUT2D eigenvalue weighted by Gasteiger charge is -1.98. The zero-order valence-electron chi connectivity index (χ0n) is 11.0. The van der Waals surface area contributed by atoms with E-state index in [4.69, 9.17) is 0 Å². The summed E-state index contributed by atoms with van der Waals surface area (Å²) < 4.78 is 0. The van der Waals surface area contributed by atoms with Crippen molar-refractivity contribution in [3.05, 3.63) is 33.1 Å². The van der Waals surface area contributed by atoms with E-state index in [1.807, 2.05) is 13.0 Å². The Labute approximate surface area is 116 Å². The maximum Gasteiger partial charge on any atom is 0.266 e. The first-order valence-corrected chi connectivity index (χ1v) is 7.49. The molecule has 0 bridgehead atoms. The molecular weight excluding hydrogens is 258 g/mol. The molecule has 0 aliphatic heterocycles. The van der Waals surface area contributed by atoms with E-state index in [0.29, 0.717) is 5.82 Å². The van der Waals surface area contributed by atoms with Gasteiger partial charge < -0.3 is 5.32 Å². The molecule has 0 saturated heterocycles. The molecule has 100 valence electrons. The molecule has 5 heteroatoms. The summed E-state index contributed by atoms with van der Waals surface area (Å²) in [5.74, 6) is 0.538. The van der Waals surface area contributed by atoms with E-state index < -0.39 is 0 Å². The molecule has 0 atom stereocenters. The largest absolute Gasteiger partial charge is 0.304 e. The maximum absolute atomic E-state index is 12.2. The highest BCUT2D eigenvalue weighted by atomic mass is 32.1. The van der Waals surface area contributed by atoms with Crippen LogP contribution in [0, 0.1) is 6.92 Å². The third-order valence-electron chi connectivity index (χ3n) is 3.42. The number of amides is 1. The van der Waals surface area contributed by atoms with Crippen molar-refractivity contribution in [3.63, 3.8) is 0 Å². The predicted molar refractivity (Wildman–Crippen MR) is 76.9 cm³/mol. The Balaban J connectivity index is 1.76. The Kier molecular flexibility index (Phi) is 3.38. The standard InChI is InChI=1S/C14H17N3OS/c1-9-7-13(17-16-9)15-14(18)12-8-10-5-3-2-4-6-11(10)19-12/h7-8H,2-6H2,1H3,(H2,15,16,17,18). The van der Waals surface area contributed by atoms with Gasteiger partial charge in [0, 0.05) is 16.6 Å². The van der Waals surface area contributed by atoms with Crippen LogP contribution in [0.2, 0.25) is 0 Å². The van der Waals surface area contributed by atoms with Gasteiger partial charge in [-0.25, -0.2) is 0 Å². The van der Waals surface area contributed by atoms with E-state index in [1.165, 1.54) is 29.7 Å². The summed E-state index contributed by atoms with van der Waals surface area (Å²) in [4.78, 5) is 14.4. The van der Waals surface area contributed by atoms with E-state index >= 15 is 0 Å². The second-order valence-electron chi connectivity index (χ2n) is 5.01. The average molecular weight is 275 g/mol. The van der Waals surface area contributed by atoms with Crippen molar-refractivity contribution in [3.8, 4) is 0 Å². The molecule has 1 aliphatic rings. The zero-order chi connectivity index (χ0) is 13.2. The molecule has 0 saturated carbocycles. The number of carbonyl (C=O) groups is 1. The van der Waals surface area contributed by atoms with Crippen LogP contribution in [0.15, 0.2) is 12.1 Å². The monoisotopic (exact) mass is 275 g/mol. The third-order valence-corrected chi connectivity index (χ3v) is 4.65. The van der Waals surface area contributed by atoms with Gasteiger partial charge in [0.1, 0.15) is 0 Å². The Bertz CT molecular complexity index is 576. The number of fused-ring (bicyclic) bond motifs is 1. The number of hydrogen-bond acceptors (Lipinski definition) is 3. The van der Waals surface area contributed by atoms with Crippen LogP contribution in [-0.4, -0.2) is 16.1 Å². The van der Waals surface area contributed by atoms with Gasteiger partial charge in [0.25, 0.3) is 5.91 Å². The number of H-pyrrole nitrogens is 1. The molecule has 1 amide bonds. The van der Waals surface area contributed by atoms with Gasteiger partial charge in [-0.2, -0.15) is 5.10 Å². The molecule has 3 rings (SSSR count). The molecule has 0 radical (unpaired) electrons. The van der Waals surface area contributed by atoms with Crippen LogP contribution in [0.1, 0.15) is 45.1 Å². The van der Waals surface area contributed by atoms with Gasteiger partial charge in [-0.1, -0.05) is 6.42 Å². The minimum atomic E-state index is -0.0513. The minimum absolute atomic E-state index is 0.0513. The molecule has 2 aromatic rings.